The van der Waals surface area contributed by atoms with Gasteiger partial charge in [-0.2, -0.15) is 0 Å². The van der Waals surface area contributed by atoms with Gasteiger partial charge >= 0.3 is 0 Å². The summed E-state index contributed by atoms with van der Waals surface area (Å²) in [5.41, 5.74) is 2.51. The minimum absolute atomic E-state index is 0.0385. The molecule has 0 bridgehead atoms. The van der Waals surface area contributed by atoms with Crippen LogP contribution in [0, 0.1) is 0 Å². The topological polar surface area (TPSA) is 22.3 Å². The van der Waals surface area contributed by atoms with Crippen LogP contribution in [0.1, 0.15) is 66.6 Å². The van der Waals surface area contributed by atoms with Crippen LogP contribution in [0.15, 0.2) is 36.4 Å². The quantitative estimate of drug-likeness (QED) is 0.446. The van der Waals surface area contributed by atoms with Crippen LogP contribution in [-0.4, -0.2) is 59.3 Å². The third-order valence-corrected chi connectivity index (χ3v) is 8.68. The van der Waals surface area contributed by atoms with Crippen LogP contribution in [0.2, 0.25) is 0 Å². The Morgan fingerprint density at radius 1 is 1.09 bits per heavy atom. The first kappa shape index (κ1) is 23.0. The predicted octanol–water partition coefficient (Wildman–Crippen LogP) is 6.46. The first-order valence-corrected chi connectivity index (χ1v) is 13.1. The number of benzene rings is 1. The number of aromatic amines is 1. The van der Waals surface area contributed by atoms with E-state index in [9.17, 15) is 8.78 Å². The molecule has 3 nitrogen and oxygen atoms in total. The minimum atomic E-state index is -1.26. The molecule has 2 atom stereocenters. The highest BCUT2D eigenvalue weighted by Crippen LogP contribution is 2.45. The first-order chi connectivity index (χ1) is 15.8. The smallest absolute Gasteiger partial charge is 0.118 e. The molecule has 0 radical (unpaired) electrons. The molecule has 2 aromatic heterocycles. The van der Waals surface area contributed by atoms with Gasteiger partial charge in [0.05, 0.1) is 6.04 Å². The number of alkyl halides is 2. The van der Waals surface area contributed by atoms with E-state index in [1.807, 2.05) is 11.3 Å². The van der Waals surface area contributed by atoms with Crippen molar-refractivity contribution in [3.63, 3.8) is 0 Å². The largest absolute Gasteiger partial charge is 0.357 e. The number of likely N-dealkylation sites (tertiary alicyclic amines) is 1. The van der Waals surface area contributed by atoms with Crippen LogP contribution in [0.5, 0.6) is 0 Å². The fourth-order valence-corrected chi connectivity index (χ4v) is 7.10. The molecule has 4 heterocycles. The number of aromatic nitrogens is 1. The standard InChI is InChI=1S/C27H35F2N3S/c1-18-16-21-20-6-4-5-7-22(20)30-25(21)26(32(18)17-27(2,3)29)24-9-8-23(33-24)19-10-13-31(14-11-19)15-12-28/h4-9,18-19,26,30H,10-17H2,1-3H3/t18-,26-/m1/s1. The summed E-state index contributed by atoms with van der Waals surface area (Å²) in [7, 11) is 0. The lowest BCUT2D eigenvalue weighted by Crippen LogP contribution is -2.47. The second kappa shape index (κ2) is 9.12. The molecule has 2 aliphatic rings. The van der Waals surface area contributed by atoms with Crippen molar-refractivity contribution in [1.29, 1.82) is 0 Å². The minimum Gasteiger partial charge on any atom is -0.357 e. The number of H-pyrrole nitrogens is 1. The fraction of sp³-hybridized carbons (Fsp3) is 0.556. The molecule has 3 aromatic rings. The molecule has 2 aliphatic heterocycles. The Balaban J connectivity index is 1.49. The fourth-order valence-electron chi connectivity index (χ4n) is 5.79. The summed E-state index contributed by atoms with van der Waals surface area (Å²) in [6.45, 7) is 8.24. The highest BCUT2D eigenvalue weighted by atomic mass is 32.1. The maximum atomic E-state index is 14.9. The number of thiophene rings is 1. The van der Waals surface area contributed by atoms with Gasteiger partial charge in [-0.3, -0.25) is 4.90 Å². The van der Waals surface area contributed by atoms with Crippen molar-refractivity contribution in [1.82, 2.24) is 14.8 Å². The maximum absolute atomic E-state index is 14.9. The number of nitrogens with zero attached hydrogens (tertiary/aromatic N) is 2. The van der Waals surface area contributed by atoms with E-state index in [4.69, 9.17) is 0 Å². The maximum Gasteiger partial charge on any atom is 0.118 e. The van der Waals surface area contributed by atoms with Gasteiger partial charge in [-0.15, -0.1) is 11.3 Å². The third-order valence-electron chi connectivity index (χ3n) is 7.38. The Morgan fingerprint density at radius 2 is 1.82 bits per heavy atom. The lowest BCUT2D eigenvalue weighted by atomic mass is 9.90. The zero-order valence-electron chi connectivity index (χ0n) is 19.9. The van der Waals surface area contributed by atoms with Gasteiger partial charge in [-0.05, 0) is 82.8 Å². The predicted molar refractivity (Wildman–Crippen MR) is 134 cm³/mol. The van der Waals surface area contributed by atoms with E-state index in [2.05, 4.69) is 58.1 Å². The van der Waals surface area contributed by atoms with Gasteiger partial charge in [0.2, 0.25) is 0 Å². The summed E-state index contributed by atoms with van der Waals surface area (Å²) in [5, 5.41) is 1.29. The first-order valence-electron chi connectivity index (χ1n) is 12.3. The normalized spacial score (nSPS) is 23.3. The molecule has 0 aliphatic carbocycles. The highest BCUT2D eigenvalue weighted by Gasteiger charge is 2.39. The molecule has 33 heavy (non-hydrogen) atoms. The highest BCUT2D eigenvalue weighted by molar-refractivity contribution is 7.12. The van der Waals surface area contributed by atoms with Crippen LogP contribution in [0.3, 0.4) is 0 Å². The van der Waals surface area contributed by atoms with Gasteiger partial charge in [-0.25, -0.2) is 8.78 Å². The van der Waals surface area contributed by atoms with Gasteiger partial charge in [0.25, 0.3) is 0 Å². The molecular weight excluding hydrogens is 436 g/mol. The number of halogens is 2. The molecule has 1 saturated heterocycles. The molecule has 6 heteroatoms. The Hall–Kier alpha value is -1.76. The summed E-state index contributed by atoms with van der Waals surface area (Å²) in [6, 6.07) is 13.4. The number of hydrogen-bond donors (Lipinski definition) is 1. The number of hydrogen-bond acceptors (Lipinski definition) is 3. The van der Waals surface area contributed by atoms with Crippen molar-refractivity contribution in [3.05, 3.63) is 57.4 Å². The average Bonchev–Trinajstić information content (AvgIpc) is 3.39. The van der Waals surface area contributed by atoms with E-state index in [0.29, 0.717) is 19.0 Å². The van der Waals surface area contributed by atoms with Crippen molar-refractivity contribution in [2.24, 2.45) is 0 Å². The monoisotopic (exact) mass is 471 g/mol. The molecule has 0 spiro atoms. The SMILES string of the molecule is C[C@@H]1Cc2c([nH]c3ccccc23)[C@@H](c2ccc(C3CCN(CCF)CC3)s2)N1CC(C)(C)F. The summed E-state index contributed by atoms with van der Waals surface area (Å²) in [6.07, 6.45) is 3.09. The molecule has 0 amide bonds. The summed E-state index contributed by atoms with van der Waals surface area (Å²) < 4.78 is 27.6. The third kappa shape index (κ3) is 4.62. The second-order valence-electron chi connectivity index (χ2n) is 10.5. The van der Waals surface area contributed by atoms with Crippen LogP contribution in [0.25, 0.3) is 10.9 Å². The summed E-state index contributed by atoms with van der Waals surface area (Å²) in [5.74, 6) is 0.536. The molecule has 1 fully saturated rings. The average molecular weight is 472 g/mol. The molecule has 178 valence electrons. The summed E-state index contributed by atoms with van der Waals surface area (Å²) >= 11 is 1.89. The van der Waals surface area contributed by atoms with Crippen molar-refractivity contribution >= 4 is 22.2 Å². The molecule has 1 aromatic carbocycles. The van der Waals surface area contributed by atoms with Crippen LogP contribution >= 0.6 is 11.3 Å². The van der Waals surface area contributed by atoms with E-state index < -0.39 is 5.67 Å². The van der Waals surface area contributed by atoms with Crippen LogP contribution in [0.4, 0.5) is 8.78 Å². The number of fused-ring (bicyclic) bond motifs is 3. The lowest BCUT2D eigenvalue weighted by Gasteiger charge is -2.42. The second-order valence-corrected chi connectivity index (χ2v) is 11.6. The van der Waals surface area contributed by atoms with Crippen molar-refractivity contribution in [3.8, 4) is 0 Å². The van der Waals surface area contributed by atoms with Crippen molar-refractivity contribution in [2.75, 3.05) is 32.9 Å². The van der Waals surface area contributed by atoms with Gasteiger partial charge in [-0.1, -0.05) is 18.2 Å². The molecule has 5 rings (SSSR count). The number of para-hydroxylation sites is 1. The Labute approximate surface area is 199 Å². The lowest BCUT2D eigenvalue weighted by molar-refractivity contribution is 0.0679. The number of rotatable bonds is 6. The molecule has 0 saturated carbocycles. The van der Waals surface area contributed by atoms with E-state index >= 15 is 0 Å². The number of nitrogens with one attached hydrogen (secondary N) is 1. The molecule has 0 unspecified atom stereocenters. The van der Waals surface area contributed by atoms with Gasteiger partial charge in [0.1, 0.15) is 12.3 Å². The van der Waals surface area contributed by atoms with E-state index in [1.165, 1.54) is 26.4 Å². The van der Waals surface area contributed by atoms with Crippen molar-refractivity contribution in [2.45, 2.75) is 63.7 Å². The zero-order chi connectivity index (χ0) is 23.2. The Bertz CT molecular complexity index is 1090. The Morgan fingerprint density at radius 3 is 2.55 bits per heavy atom. The summed E-state index contributed by atoms with van der Waals surface area (Å²) in [4.78, 5) is 11.0. The van der Waals surface area contributed by atoms with Gasteiger partial charge < -0.3 is 9.88 Å². The zero-order valence-corrected chi connectivity index (χ0v) is 20.7. The van der Waals surface area contributed by atoms with Crippen molar-refractivity contribution < 1.29 is 8.78 Å². The van der Waals surface area contributed by atoms with Crippen LogP contribution in [-0.2, 0) is 6.42 Å². The van der Waals surface area contributed by atoms with Crippen LogP contribution < -0.4 is 0 Å². The molecular formula is C27H35F2N3S. The van der Waals surface area contributed by atoms with E-state index in [-0.39, 0.29) is 18.8 Å². The van der Waals surface area contributed by atoms with Gasteiger partial charge in [0, 0.05) is 45.5 Å². The van der Waals surface area contributed by atoms with E-state index in [0.717, 1.165) is 37.9 Å². The van der Waals surface area contributed by atoms with E-state index in [1.54, 1.807) is 13.8 Å². The molecule has 1 N–H and O–H groups in total. The Kier molecular flexibility index (Phi) is 6.36. The van der Waals surface area contributed by atoms with Gasteiger partial charge in [0.15, 0.2) is 0 Å². The number of piperidine rings is 1.